The van der Waals surface area contributed by atoms with Crippen molar-refractivity contribution in [3.63, 3.8) is 0 Å². The van der Waals surface area contributed by atoms with Crippen LogP contribution in [0.3, 0.4) is 0 Å². The first-order valence-corrected chi connectivity index (χ1v) is 5.97. The van der Waals surface area contributed by atoms with E-state index in [9.17, 15) is 9.18 Å². The van der Waals surface area contributed by atoms with Crippen LogP contribution in [-0.4, -0.2) is 5.91 Å². The number of hydrogen-bond acceptors (Lipinski definition) is 2. The minimum Gasteiger partial charge on any atom is -0.396 e. The Kier molecular flexibility index (Phi) is 3.62. The molecule has 0 aliphatic carbocycles. The van der Waals surface area contributed by atoms with Crippen LogP contribution in [0.15, 0.2) is 46.9 Å². The van der Waals surface area contributed by atoms with Crippen molar-refractivity contribution in [1.29, 1.82) is 0 Å². The Morgan fingerprint density at radius 3 is 2.67 bits per heavy atom. The molecular formula is C13H10BrFN2O. The van der Waals surface area contributed by atoms with Gasteiger partial charge in [0.2, 0.25) is 0 Å². The summed E-state index contributed by atoms with van der Waals surface area (Å²) >= 11 is 3.29. The lowest BCUT2D eigenvalue weighted by Gasteiger charge is -2.06. The third-order valence-electron chi connectivity index (χ3n) is 2.34. The molecule has 0 fully saturated rings. The Morgan fingerprint density at radius 1 is 1.22 bits per heavy atom. The van der Waals surface area contributed by atoms with Gasteiger partial charge in [-0.2, -0.15) is 0 Å². The van der Waals surface area contributed by atoms with Crippen LogP contribution in [0.25, 0.3) is 0 Å². The summed E-state index contributed by atoms with van der Waals surface area (Å²) < 4.78 is 13.8. The van der Waals surface area contributed by atoms with E-state index in [4.69, 9.17) is 5.73 Å². The molecule has 0 radical (unpaired) electrons. The number of amides is 1. The molecule has 5 heteroatoms. The van der Waals surface area contributed by atoms with E-state index in [0.29, 0.717) is 11.3 Å². The van der Waals surface area contributed by atoms with Crippen LogP contribution in [0.4, 0.5) is 15.8 Å². The SMILES string of the molecule is Nc1cc(NC(=O)c2cccc(Br)c2)ccc1F. The Morgan fingerprint density at radius 2 is 2.00 bits per heavy atom. The summed E-state index contributed by atoms with van der Waals surface area (Å²) in [6, 6.07) is 11.0. The minimum absolute atomic E-state index is 0.00189. The van der Waals surface area contributed by atoms with Crippen LogP contribution in [-0.2, 0) is 0 Å². The molecule has 0 unspecified atom stereocenters. The molecule has 0 saturated carbocycles. The Labute approximate surface area is 112 Å². The van der Waals surface area contributed by atoms with Crippen LogP contribution >= 0.6 is 15.9 Å². The Hall–Kier alpha value is -1.88. The van der Waals surface area contributed by atoms with Crippen molar-refractivity contribution >= 4 is 33.2 Å². The fraction of sp³-hybridized carbons (Fsp3) is 0. The zero-order valence-corrected chi connectivity index (χ0v) is 10.9. The number of carbonyl (C=O) groups is 1. The number of halogens is 2. The average Bonchev–Trinajstić information content (AvgIpc) is 2.34. The molecule has 3 N–H and O–H groups in total. The van der Waals surface area contributed by atoms with Gasteiger partial charge in [-0.1, -0.05) is 22.0 Å². The van der Waals surface area contributed by atoms with E-state index in [2.05, 4.69) is 21.2 Å². The van der Waals surface area contributed by atoms with Gasteiger partial charge in [-0.25, -0.2) is 4.39 Å². The van der Waals surface area contributed by atoms with Gasteiger partial charge in [0.1, 0.15) is 5.82 Å². The standard InChI is InChI=1S/C13H10BrFN2O/c14-9-3-1-2-8(6-9)13(18)17-10-4-5-11(15)12(16)7-10/h1-7H,16H2,(H,17,18). The molecule has 92 valence electrons. The van der Waals surface area contributed by atoms with Gasteiger partial charge in [0.15, 0.2) is 0 Å². The topological polar surface area (TPSA) is 55.1 Å². The molecule has 0 heterocycles. The Balaban J connectivity index is 2.18. The maximum Gasteiger partial charge on any atom is 0.255 e. The molecule has 0 spiro atoms. The molecule has 2 rings (SSSR count). The lowest BCUT2D eigenvalue weighted by atomic mass is 10.2. The fourth-order valence-electron chi connectivity index (χ4n) is 1.45. The maximum atomic E-state index is 13.0. The van der Waals surface area contributed by atoms with Crippen molar-refractivity contribution < 1.29 is 9.18 Å². The molecule has 2 aromatic carbocycles. The zero-order chi connectivity index (χ0) is 13.1. The zero-order valence-electron chi connectivity index (χ0n) is 9.28. The summed E-state index contributed by atoms with van der Waals surface area (Å²) in [5.41, 5.74) is 6.39. The van der Waals surface area contributed by atoms with Gasteiger partial charge in [0.05, 0.1) is 5.69 Å². The summed E-state index contributed by atoms with van der Waals surface area (Å²) in [6.07, 6.45) is 0. The molecule has 0 aliphatic rings. The molecule has 2 aromatic rings. The van der Waals surface area contributed by atoms with E-state index in [1.54, 1.807) is 18.2 Å². The van der Waals surface area contributed by atoms with Crippen molar-refractivity contribution in [2.24, 2.45) is 0 Å². The lowest BCUT2D eigenvalue weighted by Crippen LogP contribution is -2.12. The third kappa shape index (κ3) is 2.87. The molecular weight excluding hydrogens is 299 g/mol. The highest BCUT2D eigenvalue weighted by Crippen LogP contribution is 2.18. The monoisotopic (exact) mass is 308 g/mol. The van der Waals surface area contributed by atoms with Crippen LogP contribution in [0, 0.1) is 5.82 Å². The maximum absolute atomic E-state index is 13.0. The smallest absolute Gasteiger partial charge is 0.255 e. The van der Waals surface area contributed by atoms with E-state index < -0.39 is 5.82 Å². The molecule has 18 heavy (non-hydrogen) atoms. The van der Waals surface area contributed by atoms with Crippen LogP contribution < -0.4 is 11.1 Å². The average molecular weight is 309 g/mol. The summed E-state index contributed by atoms with van der Waals surface area (Å²) in [4.78, 5) is 11.9. The molecule has 0 atom stereocenters. The highest BCUT2D eigenvalue weighted by molar-refractivity contribution is 9.10. The number of nitrogens with one attached hydrogen (secondary N) is 1. The van der Waals surface area contributed by atoms with Gasteiger partial charge in [0.25, 0.3) is 5.91 Å². The van der Waals surface area contributed by atoms with E-state index >= 15 is 0 Å². The normalized spacial score (nSPS) is 10.1. The van der Waals surface area contributed by atoms with Gasteiger partial charge < -0.3 is 11.1 Å². The highest BCUT2D eigenvalue weighted by atomic mass is 79.9. The molecule has 0 aliphatic heterocycles. The van der Waals surface area contributed by atoms with Crippen LogP contribution in [0.5, 0.6) is 0 Å². The first kappa shape index (κ1) is 12.6. The summed E-state index contributed by atoms with van der Waals surface area (Å²) in [5, 5.41) is 2.65. The molecule has 0 aromatic heterocycles. The van der Waals surface area contributed by atoms with Crippen molar-refractivity contribution in [2.45, 2.75) is 0 Å². The number of anilines is 2. The van der Waals surface area contributed by atoms with Gasteiger partial charge in [0, 0.05) is 15.7 Å². The molecule has 1 amide bonds. The minimum atomic E-state index is -0.504. The van der Waals surface area contributed by atoms with Crippen molar-refractivity contribution in [2.75, 3.05) is 11.1 Å². The van der Waals surface area contributed by atoms with E-state index in [0.717, 1.165) is 4.47 Å². The summed E-state index contributed by atoms with van der Waals surface area (Å²) in [6.45, 7) is 0. The third-order valence-corrected chi connectivity index (χ3v) is 2.83. The van der Waals surface area contributed by atoms with Gasteiger partial charge in [-0.3, -0.25) is 4.79 Å². The van der Waals surface area contributed by atoms with E-state index in [1.807, 2.05) is 6.07 Å². The van der Waals surface area contributed by atoms with E-state index in [-0.39, 0.29) is 11.6 Å². The predicted molar refractivity (Wildman–Crippen MR) is 72.9 cm³/mol. The van der Waals surface area contributed by atoms with Gasteiger partial charge in [-0.15, -0.1) is 0 Å². The number of rotatable bonds is 2. The van der Waals surface area contributed by atoms with Crippen molar-refractivity contribution in [3.8, 4) is 0 Å². The molecule has 0 bridgehead atoms. The number of nitrogen functional groups attached to an aromatic ring is 1. The fourth-order valence-corrected chi connectivity index (χ4v) is 1.85. The Bertz CT molecular complexity index is 601. The quantitative estimate of drug-likeness (QED) is 0.835. The number of carbonyl (C=O) groups excluding carboxylic acids is 1. The second-order valence-corrected chi connectivity index (χ2v) is 4.62. The van der Waals surface area contributed by atoms with Crippen molar-refractivity contribution in [3.05, 3.63) is 58.3 Å². The molecule has 0 saturated heterocycles. The van der Waals surface area contributed by atoms with Crippen LogP contribution in [0.1, 0.15) is 10.4 Å². The first-order chi connectivity index (χ1) is 8.56. The van der Waals surface area contributed by atoms with Gasteiger partial charge in [-0.05, 0) is 36.4 Å². The lowest BCUT2D eigenvalue weighted by molar-refractivity contribution is 0.102. The number of hydrogen-bond donors (Lipinski definition) is 2. The van der Waals surface area contributed by atoms with Crippen molar-refractivity contribution in [1.82, 2.24) is 0 Å². The number of nitrogens with two attached hydrogens (primary N) is 1. The first-order valence-electron chi connectivity index (χ1n) is 5.18. The molecule has 3 nitrogen and oxygen atoms in total. The summed E-state index contributed by atoms with van der Waals surface area (Å²) in [5.74, 6) is -0.780. The largest absolute Gasteiger partial charge is 0.396 e. The highest BCUT2D eigenvalue weighted by Gasteiger charge is 2.07. The van der Waals surface area contributed by atoms with Gasteiger partial charge >= 0.3 is 0 Å². The summed E-state index contributed by atoms with van der Waals surface area (Å²) in [7, 11) is 0. The van der Waals surface area contributed by atoms with Crippen LogP contribution in [0.2, 0.25) is 0 Å². The van der Waals surface area contributed by atoms with E-state index in [1.165, 1.54) is 18.2 Å². The predicted octanol–water partition coefficient (Wildman–Crippen LogP) is 3.42. The second kappa shape index (κ2) is 5.18. The number of benzene rings is 2. The second-order valence-electron chi connectivity index (χ2n) is 3.70.